The van der Waals surface area contributed by atoms with E-state index in [4.69, 9.17) is 9.84 Å². The molecular formula is C13H15NO4. The van der Waals surface area contributed by atoms with Gasteiger partial charge in [-0.1, -0.05) is 6.07 Å². The molecule has 18 heavy (non-hydrogen) atoms. The Morgan fingerprint density at radius 2 is 2.22 bits per heavy atom. The molecule has 5 nitrogen and oxygen atoms in total. The Morgan fingerprint density at radius 1 is 1.50 bits per heavy atom. The molecule has 96 valence electrons. The zero-order valence-corrected chi connectivity index (χ0v) is 10.3. The molecule has 1 amide bonds. The lowest BCUT2D eigenvalue weighted by Crippen LogP contribution is -2.45. The van der Waals surface area contributed by atoms with Crippen LogP contribution in [0.2, 0.25) is 0 Å². The number of ether oxygens (including phenoxy) is 1. The molecule has 1 aliphatic rings. The third-order valence-electron chi connectivity index (χ3n) is 2.87. The number of hydrogen-bond acceptors (Lipinski definition) is 3. The Kier molecular flexibility index (Phi) is 3.23. The normalized spacial score (nSPS) is 18.2. The number of aryl methyl sites for hydroxylation is 1. The van der Waals surface area contributed by atoms with E-state index >= 15 is 0 Å². The molecule has 0 spiro atoms. The number of carbonyl (C=O) groups excluding carboxylic acids is 1. The van der Waals surface area contributed by atoms with Crippen molar-refractivity contribution in [2.24, 2.45) is 0 Å². The summed E-state index contributed by atoms with van der Waals surface area (Å²) in [7, 11) is 0. The second-order valence-electron chi connectivity index (χ2n) is 4.36. The Labute approximate surface area is 105 Å². The number of rotatable bonds is 3. The van der Waals surface area contributed by atoms with Crippen molar-refractivity contribution in [2.45, 2.75) is 26.4 Å². The van der Waals surface area contributed by atoms with Crippen molar-refractivity contribution in [2.75, 3.05) is 11.4 Å². The highest BCUT2D eigenvalue weighted by molar-refractivity contribution is 6.00. The van der Waals surface area contributed by atoms with E-state index in [1.807, 2.05) is 19.1 Å². The summed E-state index contributed by atoms with van der Waals surface area (Å²) in [5.41, 5.74) is 1.68. The van der Waals surface area contributed by atoms with Gasteiger partial charge in [-0.3, -0.25) is 9.59 Å². The van der Waals surface area contributed by atoms with E-state index in [1.54, 1.807) is 13.0 Å². The van der Waals surface area contributed by atoms with Crippen LogP contribution in [0.3, 0.4) is 0 Å². The Hall–Kier alpha value is -2.04. The molecule has 1 unspecified atom stereocenters. The average Bonchev–Trinajstić information content (AvgIpc) is 2.29. The van der Waals surface area contributed by atoms with Gasteiger partial charge in [-0.15, -0.1) is 0 Å². The number of anilines is 1. The van der Waals surface area contributed by atoms with Crippen LogP contribution < -0.4 is 9.64 Å². The smallest absolute Gasteiger partial charge is 0.305 e. The first-order valence-electron chi connectivity index (χ1n) is 5.79. The molecule has 1 aliphatic heterocycles. The van der Waals surface area contributed by atoms with Gasteiger partial charge in [-0.05, 0) is 31.5 Å². The van der Waals surface area contributed by atoms with Crippen LogP contribution in [0.5, 0.6) is 5.75 Å². The number of benzene rings is 1. The van der Waals surface area contributed by atoms with Gasteiger partial charge in [0.15, 0.2) is 6.10 Å². The van der Waals surface area contributed by atoms with Gasteiger partial charge in [0.1, 0.15) is 5.75 Å². The molecule has 0 radical (unpaired) electrons. The van der Waals surface area contributed by atoms with Crippen LogP contribution in [-0.2, 0) is 9.59 Å². The van der Waals surface area contributed by atoms with E-state index in [1.165, 1.54) is 4.90 Å². The van der Waals surface area contributed by atoms with Crippen molar-refractivity contribution in [1.82, 2.24) is 0 Å². The minimum atomic E-state index is -0.921. The van der Waals surface area contributed by atoms with Crippen LogP contribution in [0.25, 0.3) is 0 Å². The van der Waals surface area contributed by atoms with Gasteiger partial charge in [0.05, 0.1) is 12.1 Å². The SMILES string of the molecule is Cc1ccc2c(c1)OC(C)C(=O)N2CCC(=O)O. The van der Waals surface area contributed by atoms with E-state index in [2.05, 4.69) is 0 Å². The molecule has 1 aromatic carbocycles. The third-order valence-corrected chi connectivity index (χ3v) is 2.87. The van der Waals surface area contributed by atoms with E-state index in [9.17, 15) is 9.59 Å². The number of amides is 1. The summed E-state index contributed by atoms with van der Waals surface area (Å²) in [6, 6.07) is 5.52. The maximum atomic E-state index is 12.0. The maximum Gasteiger partial charge on any atom is 0.305 e. The van der Waals surface area contributed by atoms with Crippen LogP contribution in [0, 0.1) is 6.92 Å². The van der Waals surface area contributed by atoms with Gasteiger partial charge in [0.25, 0.3) is 5.91 Å². The molecular weight excluding hydrogens is 234 g/mol. The average molecular weight is 249 g/mol. The predicted octanol–water partition coefficient (Wildman–Crippen LogP) is 1.58. The van der Waals surface area contributed by atoms with Crippen LogP contribution >= 0.6 is 0 Å². The van der Waals surface area contributed by atoms with Crippen LogP contribution in [0.15, 0.2) is 18.2 Å². The molecule has 1 heterocycles. The topological polar surface area (TPSA) is 66.8 Å². The monoisotopic (exact) mass is 249 g/mol. The number of fused-ring (bicyclic) bond motifs is 1. The molecule has 5 heteroatoms. The first-order chi connectivity index (χ1) is 8.49. The van der Waals surface area contributed by atoms with Gasteiger partial charge in [-0.25, -0.2) is 0 Å². The minimum absolute atomic E-state index is 0.0776. The van der Waals surface area contributed by atoms with Crippen molar-refractivity contribution in [1.29, 1.82) is 0 Å². The van der Waals surface area contributed by atoms with E-state index in [0.717, 1.165) is 5.56 Å². The number of carboxylic acids is 1. The van der Waals surface area contributed by atoms with Crippen molar-refractivity contribution in [3.63, 3.8) is 0 Å². The standard InChI is InChI=1S/C13H15NO4/c1-8-3-4-10-11(7-8)18-9(2)13(17)14(10)6-5-12(15)16/h3-4,7,9H,5-6H2,1-2H3,(H,15,16). The summed E-state index contributed by atoms with van der Waals surface area (Å²) in [6.07, 6.45) is -0.653. The summed E-state index contributed by atoms with van der Waals surface area (Å²) in [6.45, 7) is 3.77. The fourth-order valence-electron chi connectivity index (χ4n) is 1.96. The third kappa shape index (κ3) is 2.30. The molecule has 2 rings (SSSR count). The Bertz CT molecular complexity index is 498. The minimum Gasteiger partial charge on any atom is -0.481 e. The zero-order valence-electron chi connectivity index (χ0n) is 10.3. The highest BCUT2D eigenvalue weighted by Gasteiger charge is 2.31. The largest absolute Gasteiger partial charge is 0.481 e. The number of hydrogen-bond donors (Lipinski definition) is 1. The van der Waals surface area contributed by atoms with E-state index in [-0.39, 0.29) is 18.9 Å². The second kappa shape index (κ2) is 4.68. The van der Waals surface area contributed by atoms with Crippen LogP contribution in [-0.4, -0.2) is 29.6 Å². The first kappa shape index (κ1) is 12.4. The summed E-state index contributed by atoms with van der Waals surface area (Å²) < 4.78 is 5.52. The number of carboxylic acid groups (broad SMARTS) is 1. The number of nitrogens with zero attached hydrogens (tertiary/aromatic N) is 1. The highest BCUT2D eigenvalue weighted by Crippen LogP contribution is 2.34. The lowest BCUT2D eigenvalue weighted by Gasteiger charge is -2.32. The van der Waals surface area contributed by atoms with E-state index < -0.39 is 12.1 Å². The van der Waals surface area contributed by atoms with Gasteiger partial charge in [-0.2, -0.15) is 0 Å². The molecule has 1 N–H and O–H groups in total. The van der Waals surface area contributed by atoms with Crippen molar-refractivity contribution in [3.8, 4) is 5.75 Å². The van der Waals surface area contributed by atoms with Gasteiger partial charge < -0.3 is 14.7 Å². The first-order valence-corrected chi connectivity index (χ1v) is 5.79. The number of carbonyl (C=O) groups is 2. The molecule has 1 aromatic rings. The summed E-state index contributed by atoms with van der Waals surface area (Å²) in [5.74, 6) is -0.490. The summed E-state index contributed by atoms with van der Waals surface area (Å²) in [5, 5.41) is 8.72. The summed E-state index contributed by atoms with van der Waals surface area (Å²) in [4.78, 5) is 24.1. The Balaban J connectivity index is 2.33. The molecule has 0 aliphatic carbocycles. The quantitative estimate of drug-likeness (QED) is 0.883. The lowest BCUT2D eigenvalue weighted by atomic mass is 10.1. The zero-order chi connectivity index (χ0) is 13.3. The fourth-order valence-corrected chi connectivity index (χ4v) is 1.96. The van der Waals surface area contributed by atoms with Gasteiger partial charge in [0, 0.05) is 6.54 Å². The highest BCUT2D eigenvalue weighted by atomic mass is 16.5. The lowest BCUT2D eigenvalue weighted by molar-refractivity contribution is -0.136. The molecule has 0 fully saturated rings. The Morgan fingerprint density at radius 3 is 2.89 bits per heavy atom. The van der Waals surface area contributed by atoms with E-state index in [0.29, 0.717) is 11.4 Å². The van der Waals surface area contributed by atoms with Crippen molar-refractivity contribution < 1.29 is 19.4 Å². The van der Waals surface area contributed by atoms with Crippen LogP contribution in [0.4, 0.5) is 5.69 Å². The predicted molar refractivity (Wildman–Crippen MR) is 65.9 cm³/mol. The summed E-state index contributed by atoms with van der Waals surface area (Å²) >= 11 is 0. The van der Waals surface area contributed by atoms with Crippen LogP contribution in [0.1, 0.15) is 18.9 Å². The fraction of sp³-hybridized carbons (Fsp3) is 0.385. The van der Waals surface area contributed by atoms with Gasteiger partial charge >= 0.3 is 5.97 Å². The molecule has 1 atom stereocenters. The molecule has 0 bridgehead atoms. The van der Waals surface area contributed by atoms with Gasteiger partial charge in [0.2, 0.25) is 0 Å². The number of aliphatic carboxylic acids is 1. The maximum absolute atomic E-state index is 12.0. The van der Waals surface area contributed by atoms with Crippen molar-refractivity contribution in [3.05, 3.63) is 23.8 Å². The van der Waals surface area contributed by atoms with Crippen molar-refractivity contribution >= 4 is 17.6 Å². The molecule has 0 aromatic heterocycles. The molecule has 0 saturated heterocycles. The second-order valence-corrected chi connectivity index (χ2v) is 4.36. The molecule has 0 saturated carbocycles.